The van der Waals surface area contributed by atoms with Crippen LogP contribution in [0.2, 0.25) is 0 Å². The van der Waals surface area contributed by atoms with Crippen LogP contribution in [-0.4, -0.2) is 6.29 Å². The van der Waals surface area contributed by atoms with Crippen LogP contribution in [0.3, 0.4) is 0 Å². The van der Waals surface area contributed by atoms with E-state index in [-0.39, 0.29) is 11.4 Å². The first-order valence-electron chi connectivity index (χ1n) is 5.05. The minimum Gasteiger partial charge on any atom is -0.298 e. The summed E-state index contributed by atoms with van der Waals surface area (Å²) in [4.78, 5) is 9.99. The Morgan fingerprint density at radius 1 is 1.00 bits per heavy atom. The Labute approximate surface area is 98.7 Å². The summed E-state index contributed by atoms with van der Waals surface area (Å²) < 4.78 is 24.5. The second kappa shape index (κ2) is 6.53. The number of aryl methyl sites for hydroxylation is 1. The molecule has 0 fully saturated rings. The summed E-state index contributed by atoms with van der Waals surface area (Å²) >= 11 is 0. The van der Waals surface area contributed by atoms with Crippen molar-refractivity contribution in [3.05, 3.63) is 71.3 Å². The normalized spacial score (nSPS) is 9.12. The zero-order chi connectivity index (χ0) is 12.7. The summed E-state index contributed by atoms with van der Waals surface area (Å²) in [7, 11) is 0. The Bertz CT molecular complexity index is 478. The van der Waals surface area contributed by atoms with Gasteiger partial charge in [0.2, 0.25) is 0 Å². The van der Waals surface area contributed by atoms with Gasteiger partial charge in [0.1, 0.15) is 11.6 Å². The first kappa shape index (κ1) is 13.0. The number of hydrogen-bond donors (Lipinski definition) is 0. The van der Waals surface area contributed by atoms with Crippen LogP contribution in [0.4, 0.5) is 8.78 Å². The molecule has 0 aromatic heterocycles. The third-order valence-electron chi connectivity index (χ3n) is 2.01. The van der Waals surface area contributed by atoms with Crippen molar-refractivity contribution in [2.45, 2.75) is 6.92 Å². The second-order valence-corrected chi connectivity index (χ2v) is 3.44. The molecular formula is C14H12F2O. The third kappa shape index (κ3) is 4.55. The van der Waals surface area contributed by atoms with Gasteiger partial charge in [0.25, 0.3) is 0 Å². The Morgan fingerprint density at radius 3 is 2.12 bits per heavy atom. The Hall–Kier alpha value is -2.03. The molecule has 0 aliphatic rings. The van der Waals surface area contributed by atoms with Crippen LogP contribution in [0.5, 0.6) is 0 Å². The SMILES string of the molecule is Cc1cccc(F)c1.O=Cc1ccccc1F. The largest absolute Gasteiger partial charge is 0.298 e. The second-order valence-electron chi connectivity index (χ2n) is 3.44. The molecule has 3 heteroatoms. The fourth-order valence-electron chi connectivity index (χ4n) is 1.18. The number of benzene rings is 2. The van der Waals surface area contributed by atoms with Crippen LogP contribution in [0.15, 0.2) is 48.5 Å². The van der Waals surface area contributed by atoms with Crippen LogP contribution >= 0.6 is 0 Å². The van der Waals surface area contributed by atoms with Crippen molar-refractivity contribution < 1.29 is 13.6 Å². The van der Waals surface area contributed by atoms with Crippen LogP contribution in [-0.2, 0) is 0 Å². The highest BCUT2D eigenvalue weighted by Gasteiger charge is 1.94. The molecule has 1 nitrogen and oxygen atoms in total. The average molecular weight is 234 g/mol. The highest BCUT2D eigenvalue weighted by molar-refractivity contribution is 5.74. The van der Waals surface area contributed by atoms with Crippen LogP contribution in [0, 0.1) is 18.6 Å². The molecule has 0 spiro atoms. The molecule has 2 rings (SSSR count). The zero-order valence-electron chi connectivity index (χ0n) is 9.36. The van der Waals surface area contributed by atoms with E-state index in [0.29, 0.717) is 6.29 Å². The van der Waals surface area contributed by atoms with E-state index in [2.05, 4.69) is 0 Å². The molecule has 17 heavy (non-hydrogen) atoms. The molecule has 2 aromatic rings. The van der Waals surface area contributed by atoms with Crippen LogP contribution in [0.25, 0.3) is 0 Å². The van der Waals surface area contributed by atoms with E-state index in [0.717, 1.165) is 5.56 Å². The molecule has 0 atom stereocenters. The van der Waals surface area contributed by atoms with Crippen molar-refractivity contribution in [2.24, 2.45) is 0 Å². The molecule has 0 unspecified atom stereocenters. The van der Waals surface area contributed by atoms with Crippen molar-refractivity contribution in [1.82, 2.24) is 0 Å². The van der Waals surface area contributed by atoms with Crippen molar-refractivity contribution >= 4 is 6.29 Å². The molecule has 0 bridgehead atoms. The molecule has 0 heterocycles. The maximum atomic E-state index is 12.4. The van der Waals surface area contributed by atoms with Gasteiger partial charge < -0.3 is 0 Å². The number of halogens is 2. The lowest BCUT2D eigenvalue weighted by molar-refractivity contribution is 0.112. The van der Waals surface area contributed by atoms with E-state index in [1.807, 2.05) is 13.0 Å². The van der Waals surface area contributed by atoms with Gasteiger partial charge in [-0.2, -0.15) is 0 Å². The maximum Gasteiger partial charge on any atom is 0.152 e. The van der Waals surface area contributed by atoms with Gasteiger partial charge in [-0.15, -0.1) is 0 Å². The van der Waals surface area contributed by atoms with E-state index in [1.165, 1.54) is 24.3 Å². The van der Waals surface area contributed by atoms with E-state index in [9.17, 15) is 13.6 Å². The first-order chi connectivity index (χ1) is 8.13. The predicted octanol–water partition coefficient (Wildman–Crippen LogP) is 3.77. The topological polar surface area (TPSA) is 17.1 Å². The lowest BCUT2D eigenvalue weighted by Crippen LogP contribution is -1.83. The lowest BCUT2D eigenvalue weighted by atomic mass is 10.2. The van der Waals surface area contributed by atoms with Crippen molar-refractivity contribution in [1.29, 1.82) is 0 Å². The van der Waals surface area contributed by atoms with Gasteiger partial charge in [-0.25, -0.2) is 8.78 Å². The molecule has 88 valence electrons. The van der Waals surface area contributed by atoms with Gasteiger partial charge in [-0.1, -0.05) is 24.3 Å². The summed E-state index contributed by atoms with van der Waals surface area (Å²) in [5.41, 5.74) is 1.07. The molecule has 0 saturated carbocycles. The van der Waals surface area contributed by atoms with E-state index in [1.54, 1.807) is 18.2 Å². The van der Waals surface area contributed by atoms with E-state index >= 15 is 0 Å². The van der Waals surface area contributed by atoms with Gasteiger partial charge in [0.05, 0.1) is 5.56 Å². The monoisotopic (exact) mass is 234 g/mol. The van der Waals surface area contributed by atoms with Crippen LogP contribution in [0.1, 0.15) is 15.9 Å². The number of carbonyl (C=O) groups excluding carboxylic acids is 1. The maximum absolute atomic E-state index is 12.4. The summed E-state index contributed by atoms with van der Waals surface area (Å²) in [6.45, 7) is 1.86. The van der Waals surface area contributed by atoms with E-state index < -0.39 is 5.82 Å². The minimum atomic E-state index is -0.465. The average Bonchev–Trinajstić information content (AvgIpc) is 2.30. The van der Waals surface area contributed by atoms with Crippen LogP contribution < -0.4 is 0 Å². The molecule has 0 saturated heterocycles. The Balaban J connectivity index is 0.000000171. The molecule has 0 aliphatic heterocycles. The zero-order valence-corrected chi connectivity index (χ0v) is 9.36. The lowest BCUT2D eigenvalue weighted by Gasteiger charge is -1.88. The number of hydrogen-bond acceptors (Lipinski definition) is 1. The van der Waals surface area contributed by atoms with Gasteiger partial charge in [-0.3, -0.25) is 4.79 Å². The fourth-order valence-corrected chi connectivity index (χ4v) is 1.18. The van der Waals surface area contributed by atoms with Crippen molar-refractivity contribution in [2.75, 3.05) is 0 Å². The summed E-state index contributed by atoms with van der Waals surface area (Å²) in [6, 6.07) is 12.3. The quantitative estimate of drug-likeness (QED) is 0.686. The molecular weight excluding hydrogens is 222 g/mol. The summed E-state index contributed by atoms with van der Waals surface area (Å²) in [6.07, 6.45) is 0.495. The smallest absolute Gasteiger partial charge is 0.152 e. The summed E-state index contributed by atoms with van der Waals surface area (Å²) in [5.74, 6) is -0.627. The molecule has 0 aliphatic carbocycles. The third-order valence-corrected chi connectivity index (χ3v) is 2.01. The van der Waals surface area contributed by atoms with Crippen molar-refractivity contribution in [3.8, 4) is 0 Å². The van der Waals surface area contributed by atoms with Gasteiger partial charge in [-0.05, 0) is 36.8 Å². The van der Waals surface area contributed by atoms with Crippen molar-refractivity contribution in [3.63, 3.8) is 0 Å². The van der Waals surface area contributed by atoms with Gasteiger partial charge in [0.15, 0.2) is 6.29 Å². The van der Waals surface area contributed by atoms with Gasteiger partial charge >= 0.3 is 0 Å². The number of carbonyl (C=O) groups is 1. The number of rotatable bonds is 1. The van der Waals surface area contributed by atoms with E-state index in [4.69, 9.17) is 0 Å². The highest BCUT2D eigenvalue weighted by atomic mass is 19.1. The molecule has 2 aromatic carbocycles. The predicted molar refractivity (Wildman–Crippen MR) is 62.9 cm³/mol. The van der Waals surface area contributed by atoms with Gasteiger partial charge in [0, 0.05) is 0 Å². The first-order valence-corrected chi connectivity index (χ1v) is 5.05. The Morgan fingerprint density at radius 2 is 1.71 bits per heavy atom. The molecule has 0 amide bonds. The summed E-state index contributed by atoms with van der Waals surface area (Å²) in [5, 5.41) is 0. The Kier molecular flexibility index (Phi) is 5.01. The number of aldehydes is 1. The minimum absolute atomic E-state index is 0.109. The molecule has 0 radical (unpaired) electrons. The standard InChI is InChI=1S/C7H5FO.C7H7F/c8-7-4-2-1-3-6(7)5-9;1-6-3-2-4-7(8)5-6/h1-5H;2-5H,1H3. The highest BCUT2D eigenvalue weighted by Crippen LogP contribution is 2.01. The molecule has 0 N–H and O–H groups in total. The fraction of sp³-hybridized carbons (Fsp3) is 0.0714.